The molecule has 5 nitrogen and oxygen atoms in total. The zero-order chi connectivity index (χ0) is 16.1. The SMILES string of the molecule is Nc1csc(NN=Cc2ccc(F)cc2CN2CCCCC2)n1. The Morgan fingerprint density at radius 2 is 2.17 bits per heavy atom. The number of hydrogen-bond donors (Lipinski definition) is 2. The zero-order valence-electron chi connectivity index (χ0n) is 12.8. The predicted molar refractivity (Wildman–Crippen MR) is 93.3 cm³/mol. The number of rotatable bonds is 5. The molecule has 1 fully saturated rings. The van der Waals surface area contributed by atoms with Crippen LogP contribution in [0.2, 0.25) is 0 Å². The number of nitrogen functional groups attached to an aromatic ring is 1. The summed E-state index contributed by atoms with van der Waals surface area (Å²) in [7, 11) is 0. The Kier molecular flexibility index (Phi) is 5.19. The fourth-order valence-electron chi connectivity index (χ4n) is 2.69. The molecule has 122 valence electrons. The number of likely N-dealkylation sites (tertiary alicyclic amines) is 1. The first-order chi connectivity index (χ1) is 11.2. The minimum Gasteiger partial charge on any atom is -0.383 e. The number of hydrogen-bond acceptors (Lipinski definition) is 6. The Morgan fingerprint density at radius 3 is 2.91 bits per heavy atom. The van der Waals surface area contributed by atoms with Gasteiger partial charge in [-0.05, 0) is 49.2 Å². The fourth-order valence-corrected chi connectivity index (χ4v) is 3.24. The van der Waals surface area contributed by atoms with E-state index in [1.54, 1.807) is 23.7 Å². The number of nitrogens with one attached hydrogen (secondary N) is 1. The Hall–Kier alpha value is -1.99. The molecule has 0 spiro atoms. The van der Waals surface area contributed by atoms with E-state index < -0.39 is 0 Å². The van der Waals surface area contributed by atoms with Gasteiger partial charge in [0.1, 0.15) is 11.6 Å². The minimum absolute atomic E-state index is 0.213. The number of thiazole rings is 1. The number of hydrazone groups is 1. The molecule has 0 atom stereocenters. The van der Waals surface area contributed by atoms with Crippen molar-refractivity contribution in [1.29, 1.82) is 0 Å². The van der Waals surface area contributed by atoms with E-state index in [1.807, 2.05) is 0 Å². The lowest BCUT2D eigenvalue weighted by Gasteiger charge is -2.27. The summed E-state index contributed by atoms with van der Waals surface area (Å²) in [6, 6.07) is 4.82. The molecule has 0 amide bonds. The van der Waals surface area contributed by atoms with Crippen LogP contribution in [0.25, 0.3) is 0 Å². The van der Waals surface area contributed by atoms with Crippen LogP contribution in [-0.4, -0.2) is 29.2 Å². The zero-order valence-corrected chi connectivity index (χ0v) is 13.7. The first-order valence-corrected chi connectivity index (χ1v) is 8.59. The van der Waals surface area contributed by atoms with Crippen LogP contribution in [0.1, 0.15) is 30.4 Å². The number of piperidine rings is 1. The second kappa shape index (κ2) is 7.52. The fraction of sp³-hybridized carbons (Fsp3) is 0.375. The van der Waals surface area contributed by atoms with Crippen molar-refractivity contribution >= 4 is 28.5 Å². The van der Waals surface area contributed by atoms with Gasteiger partial charge in [0.25, 0.3) is 0 Å². The third-order valence-corrected chi connectivity index (χ3v) is 4.60. The summed E-state index contributed by atoms with van der Waals surface area (Å²) in [5, 5.41) is 6.57. The van der Waals surface area contributed by atoms with Crippen LogP contribution in [0.3, 0.4) is 0 Å². The van der Waals surface area contributed by atoms with Gasteiger partial charge < -0.3 is 5.73 Å². The van der Waals surface area contributed by atoms with Gasteiger partial charge in [-0.2, -0.15) is 5.10 Å². The van der Waals surface area contributed by atoms with Crippen LogP contribution in [-0.2, 0) is 6.54 Å². The highest BCUT2D eigenvalue weighted by Crippen LogP contribution is 2.18. The van der Waals surface area contributed by atoms with Crippen molar-refractivity contribution in [2.45, 2.75) is 25.8 Å². The van der Waals surface area contributed by atoms with E-state index in [-0.39, 0.29) is 5.82 Å². The van der Waals surface area contributed by atoms with E-state index in [9.17, 15) is 4.39 Å². The van der Waals surface area contributed by atoms with Crippen LogP contribution in [0.15, 0.2) is 28.7 Å². The molecular weight excluding hydrogens is 313 g/mol. The maximum absolute atomic E-state index is 13.6. The lowest BCUT2D eigenvalue weighted by molar-refractivity contribution is 0.220. The van der Waals surface area contributed by atoms with Crippen molar-refractivity contribution in [1.82, 2.24) is 9.88 Å². The van der Waals surface area contributed by atoms with Gasteiger partial charge in [-0.3, -0.25) is 10.3 Å². The lowest BCUT2D eigenvalue weighted by atomic mass is 10.1. The third kappa shape index (κ3) is 4.49. The van der Waals surface area contributed by atoms with Gasteiger partial charge in [0.05, 0.1) is 6.21 Å². The van der Waals surface area contributed by atoms with Gasteiger partial charge >= 0.3 is 0 Å². The van der Waals surface area contributed by atoms with Crippen molar-refractivity contribution in [2.75, 3.05) is 24.2 Å². The van der Waals surface area contributed by atoms with Crippen LogP contribution < -0.4 is 11.2 Å². The van der Waals surface area contributed by atoms with Gasteiger partial charge in [0, 0.05) is 11.9 Å². The molecule has 0 radical (unpaired) electrons. The normalized spacial score (nSPS) is 16.0. The van der Waals surface area contributed by atoms with E-state index in [1.165, 1.54) is 36.7 Å². The first-order valence-electron chi connectivity index (χ1n) is 7.71. The number of nitrogens with zero attached hydrogens (tertiary/aromatic N) is 3. The van der Waals surface area contributed by atoms with E-state index in [4.69, 9.17) is 5.73 Å². The molecule has 3 rings (SSSR count). The Morgan fingerprint density at radius 1 is 1.35 bits per heavy atom. The monoisotopic (exact) mass is 333 g/mol. The summed E-state index contributed by atoms with van der Waals surface area (Å²) in [4.78, 5) is 6.44. The molecule has 1 aromatic carbocycles. The molecule has 7 heteroatoms. The molecule has 2 heterocycles. The summed E-state index contributed by atoms with van der Waals surface area (Å²) in [5.41, 5.74) is 10.3. The second-order valence-electron chi connectivity index (χ2n) is 5.63. The van der Waals surface area contributed by atoms with Gasteiger partial charge in [0.15, 0.2) is 0 Å². The number of aromatic nitrogens is 1. The Labute approximate surface area is 139 Å². The number of halogens is 1. The lowest BCUT2D eigenvalue weighted by Crippen LogP contribution is -2.29. The van der Waals surface area contributed by atoms with E-state index >= 15 is 0 Å². The Bertz CT molecular complexity index is 679. The standard InChI is InChI=1S/C16H20FN5S/c17-14-5-4-12(9-19-21-16-20-15(18)11-23-16)13(8-14)10-22-6-2-1-3-7-22/h4-5,8-9,11H,1-3,6-7,10,18H2,(H,20,21). The number of benzene rings is 1. The average Bonchev–Trinajstić information content (AvgIpc) is 2.96. The Balaban J connectivity index is 1.70. The summed E-state index contributed by atoms with van der Waals surface area (Å²) in [6.45, 7) is 2.90. The minimum atomic E-state index is -0.213. The molecule has 1 aliphatic rings. The molecule has 0 aliphatic carbocycles. The highest BCUT2D eigenvalue weighted by Gasteiger charge is 2.12. The molecule has 3 N–H and O–H groups in total. The van der Waals surface area contributed by atoms with E-state index in [0.29, 0.717) is 10.9 Å². The van der Waals surface area contributed by atoms with E-state index in [0.717, 1.165) is 30.8 Å². The molecule has 1 aliphatic heterocycles. The van der Waals surface area contributed by atoms with Crippen molar-refractivity contribution in [3.63, 3.8) is 0 Å². The first kappa shape index (κ1) is 15.9. The highest BCUT2D eigenvalue weighted by atomic mass is 32.1. The van der Waals surface area contributed by atoms with E-state index in [2.05, 4.69) is 20.4 Å². The molecule has 0 saturated carbocycles. The molecule has 23 heavy (non-hydrogen) atoms. The number of nitrogens with two attached hydrogens (primary N) is 1. The summed E-state index contributed by atoms with van der Waals surface area (Å²) in [5.74, 6) is 0.259. The molecule has 1 saturated heterocycles. The van der Waals surface area contributed by atoms with Gasteiger partial charge in [-0.15, -0.1) is 11.3 Å². The quantitative estimate of drug-likeness (QED) is 0.651. The second-order valence-corrected chi connectivity index (χ2v) is 6.49. The smallest absolute Gasteiger partial charge is 0.205 e. The number of anilines is 2. The summed E-state index contributed by atoms with van der Waals surface area (Å²) in [6.07, 6.45) is 5.42. The highest BCUT2D eigenvalue weighted by molar-refractivity contribution is 7.14. The summed E-state index contributed by atoms with van der Waals surface area (Å²) >= 11 is 1.39. The topological polar surface area (TPSA) is 66.5 Å². The van der Waals surface area contributed by atoms with Gasteiger partial charge in [-0.1, -0.05) is 12.5 Å². The van der Waals surface area contributed by atoms with Crippen molar-refractivity contribution in [3.05, 3.63) is 40.5 Å². The largest absolute Gasteiger partial charge is 0.383 e. The third-order valence-electron chi connectivity index (χ3n) is 3.83. The van der Waals surface area contributed by atoms with Gasteiger partial charge in [-0.25, -0.2) is 9.37 Å². The molecule has 2 aromatic rings. The van der Waals surface area contributed by atoms with Crippen LogP contribution in [0.4, 0.5) is 15.3 Å². The molecular formula is C16H20FN5S. The van der Waals surface area contributed by atoms with Crippen molar-refractivity contribution in [2.24, 2.45) is 5.10 Å². The maximum Gasteiger partial charge on any atom is 0.205 e. The van der Waals surface area contributed by atoms with Crippen LogP contribution in [0.5, 0.6) is 0 Å². The maximum atomic E-state index is 13.6. The predicted octanol–water partition coefficient (Wildman–Crippen LogP) is 3.30. The van der Waals surface area contributed by atoms with Crippen LogP contribution in [0, 0.1) is 5.82 Å². The summed E-state index contributed by atoms with van der Waals surface area (Å²) < 4.78 is 13.6. The average molecular weight is 333 g/mol. The van der Waals surface area contributed by atoms with Gasteiger partial charge in [0.2, 0.25) is 5.13 Å². The molecule has 1 aromatic heterocycles. The van der Waals surface area contributed by atoms with Crippen molar-refractivity contribution in [3.8, 4) is 0 Å². The molecule has 0 unspecified atom stereocenters. The molecule has 0 bridgehead atoms. The van der Waals surface area contributed by atoms with Crippen molar-refractivity contribution < 1.29 is 4.39 Å². The van der Waals surface area contributed by atoms with Crippen LogP contribution >= 0.6 is 11.3 Å².